The molecule has 0 saturated carbocycles. The van der Waals surface area contributed by atoms with Gasteiger partial charge in [0, 0.05) is 18.2 Å². The van der Waals surface area contributed by atoms with Crippen molar-refractivity contribution in [3.63, 3.8) is 0 Å². The number of amides is 1. The molecule has 1 aliphatic rings. The molecular formula is C21H19NO4S. The van der Waals surface area contributed by atoms with E-state index in [1.807, 2.05) is 47.8 Å². The number of benzene rings is 2. The van der Waals surface area contributed by atoms with Gasteiger partial charge in [-0.1, -0.05) is 30.3 Å². The molecule has 1 aromatic heterocycles. The monoisotopic (exact) mass is 381 g/mol. The van der Waals surface area contributed by atoms with Crippen molar-refractivity contribution in [1.82, 2.24) is 5.32 Å². The number of carbonyl (C=O) groups excluding carboxylic acids is 1. The number of rotatable bonds is 7. The van der Waals surface area contributed by atoms with Gasteiger partial charge in [0.05, 0.1) is 4.88 Å². The standard InChI is InChI=1S/C21H19NO4S/c23-21(22-9-8-15-4-2-1-3-5-15)20-10-16(13-27-20)12-24-17-6-7-18-19(11-17)26-14-25-18/h1-7,10-11,13H,8-9,12,14H2,(H,22,23). The van der Waals surface area contributed by atoms with E-state index in [0.29, 0.717) is 29.5 Å². The molecule has 0 unspecified atom stereocenters. The van der Waals surface area contributed by atoms with Crippen LogP contribution in [-0.4, -0.2) is 19.2 Å². The lowest BCUT2D eigenvalue weighted by atomic mass is 10.1. The lowest BCUT2D eigenvalue weighted by Gasteiger charge is -2.05. The second kappa shape index (κ2) is 8.14. The van der Waals surface area contributed by atoms with Crippen LogP contribution in [0.3, 0.4) is 0 Å². The van der Waals surface area contributed by atoms with E-state index in [2.05, 4.69) is 17.4 Å². The summed E-state index contributed by atoms with van der Waals surface area (Å²) in [6.07, 6.45) is 0.817. The van der Waals surface area contributed by atoms with Gasteiger partial charge in [-0.3, -0.25) is 4.79 Å². The number of carbonyl (C=O) groups is 1. The van der Waals surface area contributed by atoms with Gasteiger partial charge in [0.1, 0.15) is 12.4 Å². The highest BCUT2D eigenvalue weighted by Gasteiger charge is 2.14. The number of fused-ring (bicyclic) bond motifs is 1. The normalized spacial score (nSPS) is 12.0. The summed E-state index contributed by atoms with van der Waals surface area (Å²) in [5, 5.41) is 4.91. The Morgan fingerprint density at radius 3 is 2.78 bits per heavy atom. The Morgan fingerprint density at radius 1 is 1.04 bits per heavy atom. The Hall–Kier alpha value is -2.99. The summed E-state index contributed by atoms with van der Waals surface area (Å²) in [6, 6.07) is 17.5. The van der Waals surface area contributed by atoms with Gasteiger partial charge in [0.25, 0.3) is 5.91 Å². The molecule has 1 N–H and O–H groups in total. The fourth-order valence-electron chi connectivity index (χ4n) is 2.76. The zero-order chi connectivity index (χ0) is 18.5. The third kappa shape index (κ3) is 4.41. The van der Waals surface area contributed by atoms with Crippen LogP contribution in [0.2, 0.25) is 0 Å². The molecule has 138 valence electrons. The fraction of sp³-hybridized carbons (Fsp3) is 0.190. The lowest BCUT2D eigenvalue weighted by Crippen LogP contribution is -2.24. The van der Waals surface area contributed by atoms with Crippen LogP contribution < -0.4 is 19.5 Å². The highest BCUT2D eigenvalue weighted by molar-refractivity contribution is 7.12. The van der Waals surface area contributed by atoms with Crippen LogP contribution in [-0.2, 0) is 13.0 Å². The molecule has 0 saturated heterocycles. The van der Waals surface area contributed by atoms with E-state index >= 15 is 0 Å². The number of hydrogen-bond acceptors (Lipinski definition) is 5. The van der Waals surface area contributed by atoms with Gasteiger partial charge in [-0.15, -0.1) is 11.3 Å². The topological polar surface area (TPSA) is 56.8 Å². The van der Waals surface area contributed by atoms with Crippen LogP contribution >= 0.6 is 11.3 Å². The summed E-state index contributed by atoms with van der Waals surface area (Å²) in [4.78, 5) is 13.0. The second-order valence-electron chi connectivity index (χ2n) is 6.11. The summed E-state index contributed by atoms with van der Waals surface area (Å²) in [5.41, 5.74) is 2.17. The van der Waals surface area contributed by atoms with E-state index in [-0.39, 0.29) is 12.7 Å². The van der Waals surface area contributed by atoms with Crippen molar-refractivity contribution in [3.8, 4) is 17.2 Å². The maximum atomic E-state index is 12.3. The zero-order valence-electron chi connectivity index (χ0n) is 14.6. The van der Waals surface area contributed by atoms with Crippen LogP contribution in [0, 0.1) is 0 Å². The molecule has 5 nitrogen and oxygen atoms in total. The highest BCUT2D eigenvalue weighted by Crippen LogP contribution is 2.35. The molecular weight excluding hydrogens is 362 g/mol. The summed E-state index contributed by atoms with van der Waals surface area (Å²) in [7, 11) is 0. The molecule has 1 aliphatic heterocycles. The average molecular weight is 381 g/mol. The molecule has 0 aliphatic carbocycles. The molecule has 0 fully saturated rings. The first-order chi connectivity index (χ1) is 13.3. The first-order valence-electron chi connectivity index (χ1n) is 8.70. The molecule has 1 amide bonds. The van der Waals surface area contributed by atoms with Gasteiger partial charge in [0.2, 0.25) is 6.79 Å². The predicted octanol–water partition coefficient (Wildman–Crippen LogP) is 4.03. The van der Waals surface area contributed by atoms with Crippen LogP contribution in [0.4, 0.5) is 0 Å². The average Bonchev–Trinajstić information content (AvgIpc) is 3.36. The summed E-state index contributed by atoms with van der Waals surface area (Å²) >= 11 is 1.42. The minimum absolute atomic E-state index is 0.0507. The maximum absolute atomic E-state index is 12.3. The quantitative estimate of drug-likeness (QED) is 0.671. The molecule has 0 radical (unpaired) electrons. The van der Waals surface area contributed by atoms with Crippen molar-refractivity contribution in [2.24, 2.45) is 0 Å². The van der Waals surface area contributed by atoms with Crippen LogP contribution in [0.15, 0.2) is 60.0 Å². The van der Waals surface area contributed by atoms with Gasteiger partial charge >= 0.3 is 0 Å². The summed E-state index contributed by atoms with van der Waals surface area (Å²) in [5.74, 6) is 2.08. The number of thiophene rings is 1. The predicted molar refractivity (Wildman–Crippen MR) is 104 cm³/mol. The molecule has 0 spiro atoms. The Labute approximate surface area is 161 Å². The highest BCUT2D eigenvalue weighted by atomic mass is 32.1. The van der Waals surface area contributed by atoms with Crippen molar-refractivity contribution in [2.45, 2.75) is 13.0 Å². The lowest BCUT2D eigenvalue weighted by molar-refractivity contribution is 0.0958. The van der Waals surface area contributed by atoms with E-state index in [9.17, 15) is 4.79 Å². The first kappa shape index (κ1) is 17.4. The van der Waals surface area contributed by atoms with Crippen LogP contribution in [0.1, 0.15) is 20.8 Å². The van der Waals surface area contributed by atoms with Gasteiger partial charge in [-0.2, -0.15) is 0 Å². The number of hydrogen-bond donors (Lipinski definition) is 1. The molecule has 2 aromatic carbocycles. The Balaban J connectivity index is 1.27. The third-order valence-corrected chi connectivity index (χ3v) is 5.15. The van der Waals surface area contributed by atoms with Crippen molar-refractivity contribution in [2.75, 3.05) is 13.3 Å². The van der Waals surface area contributed by atoms with Gasteiger partial charge < -0.3 is 19.5 Å². The van der Waals surface area contributed by atoms with E-state index in [0.717, 1.165) is 17.7 Å². The van der Waals surface area contributed by atoms with Crippen LogP contribution in [0.5, 0.6) is 17.2 Å². The minimum Gasteiger partial charge on any atom is -0.489 e. The molecule has 0 atom stereocenters. The van der Waals surface area contributed by atoms with Crippen molar-refractivity contribution in [3.05, 3.63) is 76.0 Å². The van der Waals surface area contributed by atoms with Crippen LogP contribution in [0.25, 0.3) is 0 Å². The molecule has 0 bridgehead atoms. The maximum Gasteiger partial charge on any atom is 0.261 e. The Bertz CT molecular complexity index is 923. The molecule has 6 heteroatoms. The van der Waals surface area contributed by atoms with Crippen molar-refractivity contribution >= 4 is 17.2 Å². The first-order valence-corrected chi connectivity index (χ1v) is 9.58. The largest absolute Gasteiger partial charge is 0.489 e. The Kier molecular flexibility index (Phi) is 5.25. The summed E-state index contributed by atoms with van der Waals surface area (Å²) < 4.78 is 16.4. The van der Waals surface area contributed by atoms with Crippen molar-refractivity contribution < 1.29 is 19.0 Å². The zero-order valence-corrected chi connectivity index (χ0v) is 15.5. The van der Waals surface area contributed by atoms with Gasteiger partial charge in [0.15, 0.2) is 11.5 Å². The number of ether oxygens (including phenoxy) is 3. The molecule has 4 rings (SSSR count). The molecule has 2 heterocycles. The number of nitrogens with one attached hydrogen (secondary N) is 1. The SMILES string of the molecule is O=C(NCCc1ccccc1)c1cc(COc2ccc3c(c2)OCO3)cs1. The third-order valence-electron chi connectivity index (χ3n) is 4.17. The van der Waals surface area contributed by atoms with Gasteiger partial charge in [-0.05, 0) is 35.6 Å². The minimum atomic E-state index is -0.0507. The van der Waals surface area contributed by atoms with E-state index in [1.54, 1.807) is 0 Å². The second-order valence-corrected chi connectivity index (χ2v) is 7.03. The Morgan fingerprint density at radius 2 is 1.89 bits per heavy atom. The fourth-order valence-corrected chi connectivity index (χ4v) is 3.57. The molecule has 3 aromatic rings. The van der Waals surface area contributed by atoms with E-state index in [1.165, 1.54) is 16.9 Å². The van der Waals surface area contributed by atoms with E-state index in [4.69, 9.17) is 14.2 Å². The van der Waals surface area contributed by atoms with Gasteiger partial charge in [-0.25, -0.2) is 0 Å². The van der Waals surface area contributed by atoms with Crippen molar-refractivity contribution in [1.29, 1.82) is 0 Å². The molecule has 27 heavy (non-hydrogen) atoms. The van der Waals surface area contributed by atoms with E-state index < -0.39 is 0 Å². The summed E-state index contributed by atoms with van der Waals surface area (Å²) in [6.45, 7) is 1.25. The smallest absolute Gasteiger partial charge is 0.261 e.